The zero-order chi connectivity index (χ0) is 24.6. The van der Waals surface area contributed by atoms with Crippen molar-refractivity contribution in [2.45, 2.75) is 12.2 Å². The largest absolute Gasteiger partial charge is 0.382 e. The Morgan fingerprint density at radius 2 is 2.03 bits per heavy atom. The number of carbonyl (C=O) groups excluding carboxylic acids is 1. The predicted molar refractivity (Wildman–Crippen MR) is 126 cm³/mol. The third-order valence-electron chi connectivity index (χ3n) is 5.94. The van der Waals surface area contributed by atoms with Gasteiger partial charge in [-0.3, -0.25) is 19.6 Å². The van der Waals surface area contributed by atoms with Gasteiger partial charge in [0.2, 0.25) is 0 Å². The summed E-state index contributed by atoms with van der Waals surface area (Å²) in [6, 6.07) is 8.64. The van der Waals surface area contributed by atoms with E-state index in [-0.39, 0.29) is 19.0 Å². The molecule has 13 heteroatoms. The van der Waals surface area contributed by atoms with Crippen molar-refractivity contribution >= 4 is 22.6 Å². The number of fused-ring (bicyclic) bond motifs is 1. The van der Waals surface area contributed by atoms with Crippen LogP contribution >= 0.6 is 0 Å². The Morgan fingerprint density at radius 3 is 2.83 bits per heavy atom. The summed E-state index contributed by atoms with van der Waals surface area (Å²) in [6.45, 7) is 0.426. The van der Waals surface area contributed by atoms with Gasteiger partial charge in [-0.15, -0.1) is 5.10 Å². The van der Waals surface area contributed by atoms with Gasteiger partial charge in [0, 0.05) is 24.0 Å². The van der Waals surface area contributed by atoms with E-state index in [0.717, 1.165) is 11.1 Å². The van der Waals surface area contributed by atoms with E-state index in [1.807, 2.05) is 6.07 Å². The van der Waals surface area contributed by atoms with E-state index < -0.39 is 23.7 Å². The molecule has 4 aromatic heterocycles. The molecule has 1 fully saturated rings. The fourth-order valence-corrected chi connectivity index (χ4v) is 4.12. The Labute approximate surface area is 202 Å². The number of morpholine rings is 1. The number of hydrogen-bond acceptors (Lipinski definition) is 9. The number of carbonyl (C=O) groups is 1. The third kappa shape index (κ3) is 3.81. The number of aliphatic hydroxyl groups excluding tert-OH is 1. The van der Waals surface area contributed by atoms with E-state index in [0.29, 0.717) is 22.4 Å². The number of rotatable bonds is 5. The minimum absolute atomic E-state index is 0.0582. The maximum absolute atomic E-state index is 13.3. The molecule has 5 heterocycles. The zero-order valence-corrected chi connectivity index (χ0v) is 18.6. The molecule has 0 spiro atoms. The quantitative estimate of drug-likeness (QED) is 0.325. The Morgan fingerprint density at radius 1 is 1.11 bits per heavy atom. The summed E-state index contributed by atoms with van der Waals surface area (Å²) in [4.78, 5) is 34.4. The molecule has 1 aliphatic heterocycles. The first-order valence-corrected chi connectivity index (χ1v) is 11.1. The highest BCUT2D eigenvalue weighted by molar-refractivity contribution is 5.97. The minimum atomic E-state index is -1.49. The van der Waals surface area contributed by atoms with Crippen LogP contribution in [0.2, 0.25) is 0 Å². The number of anilines is 1. The first-order chi connectivity index (χ1) is 17.6. The first-order valence-electron chi connectivity index (χ1n) is 11.1. The monoisotopic (exact) mass is 485 g/mol. The molecule has 1 aromatic carbocycles. The molecule has 0 radical (unpaired) electrons. The van der Waals surface area contributed by atoms with Gasteiger partial charge in [0.25, 0.3) is 11.5 Å². The van der Waals surface area contributed by atoms with Crippen molar-refractivity contribution in [3.8, 4) is 16.8 Å². The number of aromatic amines is 2. The van der Waals surface area contributed by atoms with Crippen LogP contribution < -0.4 is 10.5 Å². The topological polar surface area (TPSA) is 168 Å². The van der Waals surface area contributed by atoms with E-state index in [9.17, 15) is 14.7 Å². The van der Waals surface area contributed by atoms with Gasteiger partial charge in [-0.2, -0.15) is 20.3 Å². The lowest BCUT2D eigenvalue weighted by molar-refractivity contribution is -0.143. The van der Waals surface area contributed by atoms with Gasteiger partial charge in [0.05, 0.1) is 48.3 Å². The average molecular weight is 485 g/mol. The smallest absolute Gasteiger partial charge is 0.280 e. The number of amides is 1. The van der Waals surface area contributed by atoms with Crippen LogP contribution in [0.4, 0.5) is 5.82 Å². The number of H-pyrrole nitrogens is 2. The summed E-state index contributed by atoms with van der Waals surface area (Å²) in [5.74, 6) is -0.161. The van der Waals surface area contributed by atoms with E-state index in [4.69, 9.17) is 4.74 Å². The average Bonchev–Trinajstić information content (AvgIpc) is 3.62. The maximum Gasteiger partial charge on any atom is 0.280 e. The molecule has 1 aliphatic rings. The highest BCUT2D eigenvalue weighted by Gasteiger charge is 2.38. The number of aromatic nitrogens is 8. The molecule has 1 saturated heterocycles. The Kier molecular flexibility index (Phi) is 5.32. The van der Waals surface area contributed by atoms with Crippen molar-refractivity contribution in [1.82, 2.24) is 40.1 Å². The number of ether oxygens (including phenoxy) is 1. The highest BCUT2D eigenvalue weighted by Crippen LogP contribution is 2.26. The van der Waals surface area contributed by atoms with Gasteiger partial charge >= 0.3 is 0 Å². The fraction of sp³-hybridized carbons (Fsp3) is 0.174. The van der Waals surface area contributed by atoms with Crippen LogP contribution in [-0.4, -0.2) is 70.4 Å². The normalized spacial score (nSPS) is 17.0. The molecule has 36 heavy (non-hydrogen) atoms. The summed E-state index contributed by atoms with van der Waals surface area (Å²) < 4.78 is 7.17. The number of benzene rings is 1. The Hall–Kier alpha value is -4.75. The van der Waals surface area contributed by atoms with Gasteiger partial charge in [-0.25, -0.2) is 4.68 Å². The number of hydrogen-bond donors (Lipinski definition) is 3. The molecule has 180 valence electrons. The molecule has 6 rings (SSSR count). The van der Waals surface area contributed by atoms with Crippen molar-refractivity contribution < 1.29 is 14.6 Å². The second-order valence-electron chi connectivity index (χ2n) is 8.12. The lowest BCUT2D eigenvalue weighted by Gasteiger charge is -2.32. The van der Waals surface area contributed by atoms with Gasteiger partial charge in [0.15, 0.2) is 11.9 Å². The van der Waals surface area contributed by atoms with Gasteiger partial charge in [-0.1, -0.05) is 6.07 Å². The molecular weight excluding hydrogens is 466 g/mol. The van der Waals surface area contributed by atoms with Crippen LogP contribution in [-0.2, 0) is 9.53 Å². The molecule has 0 aliphatic carbocycles. The highest BCUT2D eigenvalue weighted by atomic mass is 16.5. The van der Waals surface area contributed by atoms with Crippen molar-refractivity contribution in [3.63, 3.8) is 0 Å². The molecule has 13 nitrogen and oxygen atoms in total. The van der Waals surface area contributed by atoms with Crippen molar-refractivity contribution in [2.75, 3.05) is 18.1 Å². The Bertz CT molecular complexity index is 1600. The predicted octanol–water partition coefficient (Wildman–Crippen LogP) is 0.754. The maximum atomic E-state index is 13.3. The molecular formula is C23H19N9O4. The first kappa shape index (κ1) is 21.8. The van der Waals surface area contributed by atoms with Gasteiger partial charge < -0.3 is 14.8 Å². The van der Waals surface area contributed by atoms with Crippen LogP contribution in [0.5, 0.6) is 0 Å². The van der Waals surface area contributed by atoms with Gasteiger partial charge in [-0.05, 0) is 23.8 Å². The summed E-state index contributed by atoms with van der Waals surface area (Å²) in [5.41, 5.74) is 2.24. The van der Waals surface area contributed by atoms with Crippen molar-refractivity contribution in [1.29, 1.82) is 0 Å². The minimum Gasteiger partial charge on any atom is -0.382 e. The molecule has 0 unspecified atom stereocenters. The molecule has 1 amide bonds. The molecule has 0 saturated carbocycles. The van der Waals surface area contributed by atoms with E-state index >= 15 is 0 Å². The number of nitrogens with zero attached hydrogens (tertiary/aromatic N) is 7. The summed E-state index contributed by atoms with van der Waals surface area (Å²) in [7, 11) is 0. The van der Waals surface area contributed by atoms with Gasteiger partial charge in [0.1, 0.15) is 11.9 Å². The SMILES string of the molecule is O=C1[C@@H]([C@@H](O)c2nc(=O)c3cc(-c4cn[nH]c4)ccc3[nH]2)OCCN1c1ccn(-c2ccnnc2)n1. The van der Waals surface area contributed by atoms with Crippen molar-refractivity contribution in [2.24, 2.45) is 0 Å². The summed E-state index contributed by atoms with van der Waals surface area (Å²) in [5, 5.41) is 30.0. The number of nitrogens with one attached hydrogen (secondary N) is 2. The zero-order valence-electron chi connectivity index (χ0n) is 18.6. The lowest BCUT2D eigenvalue weighted by atomic mass is 10.1. The third-order valence-corrected chi connectivity index (χ3v) is 5.94. The summed E-state index contributed by atoms with van der Waals surface area (Å²) in [6.07, 6.45) is 5.39. The van der Waals surface area contributed by atoms with Crippen LogP contribution in [0.3, 0.4) is 0 Å². The van der Waals surface area contributed by atoms with Crippen molar-refractivity contribution in [3.05, 3.63) is 77.5 Å². The standard InChI is InChI=1S/C23H19N9O4/c33-19(21-28-17-2-1-13(14-10-25-26-11-14)9-16(17)22(34)29-21)20-23(35)31(7-8-36-20)18-4-6-32(30-18)15-3-5-24-27-12-15/h1-6,9-12,19-20,33H,7-8H2,(H,25,26)(H,28,29,34)/t19-,20-/m1/s1. The van der Waals surface area contributed by atoms with Crippen LogP contribution in [0.15, 0.2) is 66.1 Å². The van der Waals surface area contributed by atoms with Crippen LogP contribution in [0.1, 0.15) is 11.9 Å². The van der Waals surface area contributed by atoms with E-state index in [2.05, 4.69) is 35.5 Å². The molecule has 3 N–H and O–H groups in total. The second kappa shape index (κ2) is 8.79. The fourth-order valence-electron chi connectivity index (χ4n) is 4.12. The van der Waals surface area contributed by atoms with Crippen LogP contribution in [0, 0.1) is 0 Å². The van der Waals surface area contributed by atoms with E-state index in [1.54, 1.807) is 59.9 Å². The number of aliphatic hydroxyl groups is 1. The van der Waals surface area contributed by atoms with Crippen LogP contribution in [0.25, 0.3) is 27.7 Å². The Balaban J connectivity index is 1.27. The second-order valence-corrected chi connectivity index (χ2v) is 8.12. The van der Waals surface area contributed by atoms with E-state index in [1.165, 1.54) is 4.90 Å². The summed E-state index contributed by atoms with van der Waals surface area (Å²) >= 11 is 0. The molecule has 5 aromatic rings. The molecule has 2 atom stereocenters. The lowest BCUT2D eigenvalue weighted by Crippen LogP contribution is -2.50. The molecule has 0 bridgehead atoms.